The smallest absolute Gasteiger partial charge is 0.324 e. The van der Waals surface area contributed by atoms with E-state index in [1.165, 1.54) is 12.1 Å². The minimum Gasteiger partial charge on any atom is -0.465 e. The molecular formula is C25H28N3O5. The van der Waals surface area contributed by atoms with Gasteiger partial charge in [0.15, 0.2) is 0 Å². The number of piperazine rings is 1. The molecule has 1 unspecified atom stereocenters. The van der Waals surface area contributed by atoms with Crippen LogP contribution in [0.3, 0.4) is 0 Å². The summed E-state index contributed by atoms with van der Waals surface area (Å²) in [6.07, 6.45) is 2.99. The fraction of sp³-hybridized carbons (Fsp3) is 0.360. The number of amides is 1. The zero-order chi connectivity index (χ0) is 24.0. The standard InChI is InChI=1S/C25H28N3O5/c1-4-33-25(30)21-16-27(15-14-26-21)23(29)13-12-18-8-7-11-22(28(31)32)24(18)20-10-6-5-9-19(20)17(2)3/h5-10,12-13,17,21,26H,4,14-16H2,1-3H3/b13-12+. The molecule has 0 saturated carbocycles. The summed E-state index contributed by atoms with van der Waals surface area (Å²) < 4.78 is 5.04. The third-order valence-corrected chi connectivity index (χ3v) is 5.51. The van der Waals surface area contributed by atoms with Gasteiger partial charge in [0.05, 0.1) is 23.2 Å². The monoisotopic (exact) mass is 450 g/mol. The summed E-state index contributed by atoms with van der Waals surface area (Å²) in [4.78, 5) is 37.8. The SMILES string of the molecule is CCOC(=O)C1CN(C(=O)/C=C/c2cc[c]c([N+](=O)[O-])c2-c2ccccc2C(C)C)CCN1. The average molecular weight is 451 g/mol. The molecule has 33 heavy (non-hydrogen) atoms. The highest BCUT2D eigenvalue weighted by Gasteiger charge is 2.28. The number of hydrogen-bond donors (Lipinski definition) is 1. The Morgan fingerprint density at radius 2 is 2.09 bits per heavy atom. The Kier molecular flexibility index (Phi) is 7.95. The number of rotatable bonds is 7. The number of carbonyl (C=O) groups excluding carboxylic acids is 2. The van der Waals surface area contributed by atoms with Crippen molar-refractivity contribution in [2.45, 2.75) is 32.7 Å². The summed E-state index contributed by atoms with van der Waals surface area (Å²) >= 11 is 0. The molecule has 0 bridgehead atoms. The summed E-state index contributed by atoms with van der Waals surface area (Å²) in [7, 11) is 0. The second-order valence-electron chi connectivity index (χ2n) is 8.03. The molecule has 0 aliphatic carbocycles. The third kappa shape index (κ3) is 5.64. The molecule has 1 amide bonds. The van der Waals surface area contributed by atoms with Crippen LogP contribution in [0.25, 0.3) is 17.2 Å². The second-order valence-corrected chi connectivity index (χ2v) is 8.03. The molecule has 1 saturated heterocycles. The molecule has 1 radical (unpaired) electrons. The van der Waals surface area contributed by atoms with E-state index < -0.39 is 11.0 Å². The normalized spacial score (nSPS) is 16.2. The molecule has 1 atom stereocenters. The van der Waals surface area contributed by atoms with E-state index in [9.17, 15) is 19.7 Å². The quantitative estimate of drug-likeness (QED) is 0.300. The molecule has 1 fully saturated rings. The molecule has 8 nitrogen and oxygen atoms in total. The minimum absolute atomic E-state index is 0.137. The maximum atomic E-state index is 12.9. The highest BCUT2D eigenvalue weighted by Crippen LogP contribution is 2.38. The average Bonchev–Trinajstić information content (AvgIpc) is 2.82. The van der Waals surface area contributed by atoms with Gasteiger partial charge in [-0.2, -0.15) is 0 Å². The predicted molar refractivity (Wildman–Crippen MR) is 125 cm³/mol. The fourth-order valence-electron chi connectivity index (χ4n) is 3.91. The first kappa shape index (κ1) is 24.1. The van der Waals surface area contributed by atoms with Crippen molar-refractivity contribution in [3.63, 3.8) is 0 Å². The lowest BCUT2D eigenvalue weighted by atomic mass is 9.89. The molecule has 0 aromatic heterocycles. The Bertz CT molecular complexity index is 1060. The van der Waals surface area contributed by atoms with Gasteiger partial charge >= 0.3 is 5.97 Å². The van der Waals surface area contributed by atoms with Crippen LogP contribution in [0.4, 0.5) is 5.69 Å². The van der Waals surface area contributed by atoms with Crippen molar-refractivity contribution < 1.29 is 19.2 Å². The van der Waals surface area contributed by atoms with Gasteiger partial charge in [-0.1, -0.05) is 44.2 Å². The van der Waals surface area contributed by atoms with Gasteiger partial charge in [0.2, 0.25) is 5.91 Å². The predicted octanol–water partition coefficient (Wildman–Crippen LogP) is 3.56. The Labute approximate surface area is 193 Å². The van der Waals surface area contributed by atoms with Crippen molar-refractivity contribution in [1.82, 2.24) is 10.2 Å². The number of nitro groups is 1. The molecule has 1 N–H and O–H groups in total. The van der Waals surface area contributed by atoms with Crippen LogP contribution in [0.1, 0.15) is 37.8 Å². The number of nitrogens with one attached hydrogen (secondary N) is 1. The lowest BCUT2D eigenvalue weighted by molar-refractivity contribution is -0.384. The fourth-order valence-corrected chi connectivity index (χ4v) is 3.91. The van der Waals surface area contributed by atoms with Crippen molar-refractivity contribution in [2.75, 3.05) is 26.2 Å². The Morgan fingerprint density at radius 3 is 2.79 bits per heavy atom. The molecule has 8 heteroatoms. The minimum atomic E-state index is -0.572. The van der Waals surface area contributed by atoms with Gasteiger partial charge in [-0.3, -0.25) is 19.7 Å². The van der Waals surface area contributed by atoms with Crippen molar-refractivity contribution in [1.29, 1.82) is 0 Å². The van der Waals surface area contributed by atoms with E-state index in [1.54, 1.807) is 24.0 Å². The number of carbonyl (C=O) groups is 2. The summed E-state index contributed by atoms with van der Waals surface area (Å²) in [6, 6.07) is 12.9. The molecule has 1 aliphatic rings. The van der Waals surface area contributed by atoms with Crippen molar-refractivity contribution >= 4 is 23.6 Å². The first-order valence-corrected chi connectivity index (χ1v) is 11.0. The lowest BCUT2D eigenvalue weighted by Crippen LogP contribution is -2.55. The van der Waals surface area contributed by atoms with Crippen LogP contribution < -0.4 is 5.32 Å². The summed E-state index contributed by atoms with van der Waals surface area (Å²) in [6.45, 7) is 7.19. The van der Waals surface area contributed by atoms with E-state index in [0.717, 1.165) is 11.1 Å². The van der Waals surface area contributed by atoms with E-state index >= 15 is 0 Å². The van der Waals surface area contributed by atoms with Crippen LogP contribution in [-0.2, 0) is 14.3 Å². The topological polar surface area (TPSA) is 102 Å². The van der Waals surface area contributed by atoms with Crippen LogP contribution in [-0.4, -0.2) is 54.0 Å². The first-order chi connectivity index (χ1) is 15.8. The molecule has 2 aromatic carbocycles. The Morgan fingerprint density at radius 1 is 1.33 bits per heavy atom. The van der Waals surface area contributed by atoms with Gasteiger partial charge < -0.3 is 15.0 Å². The zero-order valence-corrected chi connectivity index (χ0v) is 19.0. The van der Waals surface area contributed by atoms with Crippen molar-refractivity contribution in [3.8, 4) is 11.1 Å². The highest BCUT2D eigenvalue weighted by atomic mass is 16.6. The van der Waals surface area contributed by atoms with E-state index in [-0.39, 0.29) is 36.6 Å². The Hall–Kier alpha value is -3.52. The zero-order valence-electron chi connectivity index (χ0n) is 19.0. The number of benzene rings is 2. The van der Waals surface area contributed by atoms with Crippen molar-refractivity contribution in [2.24, 2.45) is 0 Å². The van der Waals surface area contributed by atoms with Crippen LogP contribution in [0.5, 0.6) is 0 Å². The van der Waals surface area contributed by atoms with Gasteiger partial charge in [-0.25, -0.2) is 0 Å². The van der Waals surface area contributed by atoms with Gasteiger partial charge in [0.25, 0.3) is 5.69 Å². The highest BCUT2D eigenvalue weighted by molar-refractivity contribution is 5.95. The van der Waals surface area contributed by atoms with E-state index in [2.05, 4.69) is 11.4 Å². The molecule has 0 spiro atoms. The van der Waals surface area contributed by atoms with Crippen molar-refractivity contribution in [3.05, 3.63) is 69.8 Å². The van der Waals surface area contributed by atoms with Gasteiger partial charge in [-0.15, -0.1) is 0 Å². The van der Waals surface area contributed by atoms with E-state index in [0.29, 0.717) is 24.2 Å². The van der Waals surface area contributed by atoms with Gasteiger partial charge in [0.1, 0.15) is 6.04 Å². The second kappa shape index (κ2) is 10.9. The Balaban J connectivity index is 1.93. The van der Waals surface area contributed by atoms with Crippen LogP contribution >= 0.6 is 0 Å². The maximum Gasteiger partial charge on any atom is 0.324 e. The van der Waals surface area contributed by atoms with Crippen LogP contribution in [0.2, 0.25) is 0 Å². The van der Waals surface area contributed by atoms with Gasteiger partial charge in [-0.05, 0) is 41.7 Å². The van der Waals surface area contributed by atoms with Crippen LogP contribution in [0.15, 0.2) is 42.5 Å². The van der Waals surface area contributed by atoms with E-state index in [1.807, 2.05) is 38.1 Å². The maximum absolute atomic E-state index is 12.9. The number of nitrogens with zero attached hydrogens (tertiary/aromatic N) is 2. The molecule has 3 rings (SSSR count). The number of nitro benzene ring substituents is 1. The number of esters is 1. The number of hydrogen-bond acceptors (Lipinski definition) is 6. The molecule has 2 aromatic rings. The summed E-state index contributed by atoms with van der Waals surface area (Å²) in [5.41, 5.74) is 2.56. The number of ether oxygens (including phenoxy) is 1. The van der Waals surface area contributed by atoms with Crippen LogP contribution in [0, 0.1) is 16.2 Å². The first-order valence-electron chi connectivity index (χ1n) is 11.0. The summed E-state index contributed by atoms with van der Waals surface area (Å²) in [5, 5.41) is 14.8. The molecule has 1 heterocycles. The van der Waals surface area contributed by atoms with Gasteiger partial charge in [0, 0.05) is 25.7 Å². The molecule has 1 aliphatic heterocycles. The molecule has 173 valence electrons. The molecular weight excluding hydrogens is 422 g/mol. The lowest BCUT2D eigenvalue weighted by Gasteiger charge is -2.31. The third-order valence-electron chi connectivity index (χ3n) is 5.51. The summed E-state index contributed by atoms with van der Waals surface area (Å²) in [5.74, 6) is -0.509. The van der Waals surface area contributed by atoms with E-state index in [4.69, 9.17) is 4.74 Å². The largest absolute Gasteiger partial charge is 0.465 e.